The summed E-state index contributed by atoms with van der Waals surface area (Å²) < 4.78 is 40.4. The second-order valence-corrected chi connectivity index (χ2v) is 4.24. The number of hydrogen-bond acceptors (Lipinski definition) is 1. The van der Waals surface area contributed by atoms with Crippen LogP contribution in [0, 0.1) is 3.57 Å². The second kappa shape index (κ2) is 4.69. The first-order chi connectivity index (χ1) is 6.42. The summed E-state index contributed by atoms with van der Waals surface area (Å²) in [4.78, 5) is 0. The van der Waals surface area contributed by atoms with Crippen molar-refractivity contribution < 1.29 is 17.9 Å². The topological polar surface area (TPSA) is 9.23 Å². The highest BCUT2D eigenvalue weighted by Gasteiger charge is 2.32. The Morgan fingerprint density at radius 2 is 2.00 bits per heavy atom. The molecule has 0 aliphatic rings. The number of ether oxygens (including phenoxy) is 1. The maximum atomic E-state index is 11.9. The van der Waals surface area contributed by atoms with E-state index < -0.39 is 6.36 Å². The van der Waals surface area contributed by atoms with Gasteiger partial charge in [-0.15, -0.1) is 13.2 Å². The molecule has 1 aromatic rings. The highest BCUT2D eigenvalue weighted by Crippen LogP contribution is 2.29. The lowest BCUT2D eigenvalue weighted by Gasteiger charge is -2.12. The molecule has 0 unspecified atom stereocenters. The van der Waals surface area contributed by atoms with E-state index in [2.05, 4.69) is 20.7 Å². The molecule has 14 heavy (non-hydrogen) atoms. The summed E-state index contributed by atoms with van der Waals surface area (Å²) in [6.45, 7) is 0. The Labute approximate surface area is 101 Å². The molecule has 1 nitrogen and oxygen atoms in total. The second-order valence-electron chi connectivity index (χ2n) is 2.43. The highest BCUT2D eigenvalue weighted by molar-refractivity contribution is 14.1. The van der Waals surface area contributed by atoms with Gasteiger partial charge >= 0.3 is 6.36 Å². The molecule has 1 rings (SSSR count). The predicted octanol–water partition coefficient (Wildman–Crippen LogP) is 4.08. The number of alkyl halides is 4. The third-order valence-corrected chi connectivity index (χ3v) is 2.67. The molecule has 0 aliphatic heterocycles. The number of hydrogen-bond donors (Lipinski definition) is 0. The summed E-state index contributed by atoms with van der Waals surface area (Å²) in [6, 6.07) is 4.67. The Morgan fingerprint density at radius 3 is 2.50 bits per heavy atom. The van der Waals surface area contributed by atoms with Crippen molar-refractivity contribution in [1.82, 2.24) is 0 Å². The lowest BCUT2D eigenvalue weighted by Crippen LogP contribution is -2.18. The van der Waals surface area contributed by atoms with E-state index in [4.69, 9.17) is 0 Å². The Kier molecular flexibility index (Phi) is 4.05. The van der Waals surface area contributed by atoms with Crippen molar-refractivity contribution in [2.75, 3.05) is 0 Å². The monoisotopic (exact) mass is 380 g/mol. The van der Waals surface area contributed by atoms with Gasteiger partial charge in [0.15, 0.2) is 0 Å². The molecule has 0 aliphatic carbocycles. The van der Waals surface area contributed by atoms with Crippen LogP contribution in [-0.4, -0.2) is 6.36 Å². The molecule has 0 saturated carbocycles. The Morgan fingerprint density at radius 1 is 1.36 bits per heavy atom. The van der Waals surface area contributed by atoms with Crippen LogP contribution in [0.1, 0.15) is 5.56 Å². The van der Waals surface area contributed by atoms with Gasteiger partial charge in [-0.3, -0.25) is 0 Å². The molecule has 0 N–H and O–H groups in total. The molecule has 0 atom stereocenters. The first-order valence-corrected chi connectivity index (χ1v) is 5.72. The molecular formula is C8H5BrF3IO. The van der Waals surface area contributed by atoms with Crippen LogP contribution in [0.2, 0.25) is 0 Å². The fraction of sp³-hybridized carbons (Fsp3) is 0.250. The van der Waals surface area contributed by atoms with Crippen LogP contribution in [0.3, 0.4) is 0 Å². The highest BCUT2D eigenvalue weighted by atomic mass is 127. The van der Waals surface area contributed by atoms with Crippen molar-refractivity contribution in [2.24, 2.45) is 0 Å². The van der Waals surface area contributed by atoms with Crippen LogP contribution in [0.5, 0.6) is 5.75 Å². The van der Waals surface area contributed by atoms with Crippen molar-refractivity contribution >= 4 is 38.5 Å². The van der Waals surface area contributed by atoms with E-state index in [1.54, 1.807) is 12.1 Å². The minimum absolute atomic E-state index is 0.152. The maximum Gasteiger partial charge on any atom is 0.573 e. The van der Waals surface area contributed by atoms with Gasteiger partial charge in [0.25, 0.3) is 0 Å². The predicted molar refractivity (Wildman–Crippen MR) is 58.5 cm³/mol. The van der Waals surface area contributed by atoms with E-state index in [-0.39, 0.29) is 5.75 Å². The first kappa shape index (κ1) is 12.1. The van der Waals surface area contributed by atoms with Gasteiger partial charge in [-0.1, -0.05) is 22.0 Å². The zero-order valence-electron chi connectivity index (χ0n) is 6.74. The Hall–Kier alpha value is 0.0200. The molecule has 0 fully saturated rings. The van der Waals surface area contributed by atoms with Gasteiger partial charge in [0.05, 0.1) is 0 Å². The molecule has 0 heterocycles. The zero-order valence-corrected chi connectivity index (χ0v) is 10.5. The largest absolute Gasteiger partial charge is 0.573 e. The summed E-state index contributed by atoms with van der Waals surface area (Å²) in [7, 11) is 0. The normalized spacial score (nSPS) is 11.5. The van der Waals surface area contributed by atoms with E-state index in [0.717, 1.165) is 0 Å². The van der Waals surface area contributed by atoms with Crippen molar-refractivity contribution in [3.63, 3.8) is 0 Å². The van der Waals surface area contributed by atoms with Crippen LogP contribution in [0.25, 0.3) is 0 Å². The van der Waals surface area contributed by atoms with Gasteiger partial charge in [0.1, 0.15) is 5.75 Å². The number of halogens is 5. The first-order valence-electron chi connectivity index (χ1n) is 3.52. The summed E-state index contributed by atoms with van der Waals surface area (Å²) in [6.07, 6.45) is -4.64. The van der Waals surface area contributed by atoms with Gasteiger partial charge in [0.2, 0.25) is 0 Å². The fourth-order valence-electron chi connectivity index (χ4n) is 0.858. The minimum atomic E-state index is -4.64. The molecule has 0 bridgehead atoms. The Balaban J connectivity index is 2.99. The van der Waals surface area contributed by atoms with Gasteiger partial charge < -0.3 is 4.74 Å². The molecule has 0 amide bonds. The summed E-state index contributed by atoms with van der Waals surface area (Å²) >= 11 is 5.02. The zero-order chi connectivity index (χ0) is 10.8. The van der Waals surface area contributed by atoms with Gasteiger partial charge in [-0.2, -0.15) is 0 Å². The average molecular weight is 381 g/mol. The van der Waals surface area contributed by atoms with Crippen LogP contribution in [0.15, 0.2) is 18.2 Å². The van der Waals surface area contributed by atoms with Crippen LogP contribution >= 0.6 is 38.5 Å². The molecule has 0 aromatic heterocycles. The van der Waals surface area contributed by atoms with E-state index in [9.17, 15) is 13.2 Å². The van der Waals surface area contributed by atoms with Crippen molar-refractivity contribution in [1.29, 1.82) is 0 Å². The molecule has 1 aromatic carbocycles. The van der Waals surface area contributed by atoms with Gasteiger partial charge in [-0.25, -0.2) is 0 Å². The molecule has 6 heteroatoms. The van der Waals surface area contributed by atoms with E-state index in [1.165, 1.54) is 6.07 Å². The number of rotatable bonds is 2. The Bertz CT molecular complexity index is 327. The van der Waals surface area contributed by atoms with E-state index >= 15 is 0 Å². The maximum absolute atomic E-state index is 11.9. The SMILES string of the molecule is FC(F)(F)Oc1cc(I)ccc1CBr. The van der Waals surface area contributed by atoms with Gasteiger partial charge in [-0.05, 0) is 34.7 Å². The summed E-state index contributed by atoms with van der Waals surface area (Å²) in [5.74, 6) is -0.152. The summed E-state index contributed by atoms with van der Waals surface area (Å²) in [5, 5.41) is 0.329. The third kappa shape index (κ3) is 3.64. The van der Waals surface area contributed by atoms with Gasteiger partial charge in [0, 0.05) is 14.5 Å². The molecular weight excluding hydrogens is 376 g/mol. The molecule has 0 spiro atoms. The van der Waals surface area contributed by atoms with Crippen molar-refractivity contribution in [3.8, 4) is 5.75 Å². The minimum Gasteiger partial charge on any atom is -0.405 e. The van der Waals surface area contributed by atoms with Crippen molar-refractivity contribution in [2.45, 2.75) is 11.7 Å². The standard InChI is InChI=1S/C8H5BrF3IO/c9-4-5-1-2-6(13)3-7(5)14-8(10,11)12/h1-3H,4H2. The molecule has 78 valence electrons. The van der Waals surface area contributed by atoms with Crippen LogP contribution in [-0.2, 0) is 5.33 Å². The van der Waals surface area contributed by atoms with Crippen molar-refractivity contribution in [3.05, 3.63) is 27.3 Å². The van der Waals surface area contributed by atoms with Crippen LogP contribution in [0.4, 0.5) is 13.2 Å². The van der Waals surface area contributed by atoms with E-state index in [0.29, 0.717) is 14.5 Å². The molecule has 0 saturated heterocycles. The number of benzene rings is 1. The fourth-order valence-corrected chi connectivity index (χ4v) is 1.78. The summed E-state index contributed by atoms with van der Waals surface area (Å²) in [5.41, 5.74) is 0.475. The average Bonchev–Trinajstić information content (AvgIpc) is 2.01. The lowest BCUT2D eigenvalue weighted by atomic mass is 10.2. The molecule has 0 radical (unpaired) electrons. The quantitative estimate of drug-likeness (QED) is 0.554. The van der Waals surface area contributed by atoms with Crippen LogP contribution < -0.4 is 4.74 Å². The lowest BCUT2D eigenvalue weighted by molar-refractivity contribution is -0.274. The third-order valence-electron chi connectivity index (χ3n) is 1.40. The van der Waals surface area contributed by atoms with E-state index in [1.807, 2.05) is 22.6 Å². The smallest absolute Gasteiger partial charge is 0.405 e.